The minimum Gasteiger partial charge on any atom is -0.455 e. The number of amides is 2. The maximum atomic E-state index is 12.8. The molecule has 1 N–H and O–H groups in total. The van der Waals surface area contributed by atoms with E-state index in [4.69, 9.17) is 21.1 Å². The number of nitrogens with zero attached hydrogens (tertiary/aromatic N) is 1. The van der Waals surface area contributed by atoms with Gasteiger partial charge in [-0.1, -0.05) is 35.9 Å². The van der Waals surface area contributed by atoms with E-state index >= 15 is 0 Å². The van der Waals surface area contributed by atoms with Gasteiger partial charge in [0.25, 0.3) is 5.91 Å². The van der Waals surface area contributed by atoms with Crippen LogP contribution in [-0.4, -0.2) is 25.2 Å². The first-order valence-electron chi connectivity index (χ1n) is 8.98. The summed E-state index contributed by atoms with van der Waals surface area (Å²) in [6.45, 7) is 0.783. The van der Waals surface area contributed by atoms with Gasteiger partial charge in [-0.05, 0) is 48.5 Å². The molecule has 1 aliphatic heterocycles. The van der Waals surface area contributed by atoms with Crippen LogP contribution in [0.5, 0.6) is 11.5 Å². The van der Waals surface area contributed by atoms with Gasteiger partial charge in [-0.2, -0.15) is 0 Å². The molecule has 3 aromatic rings. The van der Waals surface area contributed by atoms with Gasteiger partial charge in [-0.3, -0.25) is 9.69 Å². The van der Waals surface area contributed by atoms with Gasteiger partial charge < -0.3 is 14.8 Å². The first-order valence-corrected chi connectivity index (χ1v) is 9.36. The van der Waals surface area contributed by atoms with Crippen molar-refractivity contribution in [3.8, 4) is 11.5 Å². The monoisotopic (exact) mass is 408 g/mol. The zero-order chi connectivity index (χ0) is 20.2. The molecule has 0 aromatic heterocycles. The average Bonchev–Trinajstić information content (AvgIpc) is 3.17. The standard InChI is InChI=1S/C22H17ClN2O4/c23-16-9-10-20(29-18-7-2-1-3-8-18)19(14-16)24-21(26)15-5-4-6-17(13-15)25-11-12-28-22(25)27/h1-10,13-14H,11-12H2,(H,24,26). The lowest BCUT2D eigenvalue weighted by atomic mass is 10.1. The van der Waals surface area contributed by atoms with Crippen molar-refractivity contribution in [2.45, 2.75) is 0 Å². The summed E-state index contributed by atoms with van der Waals surface area (Å²) in [5.41, 5.74) is 1.44. The summed E-state index contributed by atoms with van der Waals surface area (Å²) in [5.74, 6) is 0.757. The predicted octanol–water partition coefficient (Wildman–Crippen LogP) is 5.34. The molecule has 2 amide bonds. The molecule has 0 saturated carbocycles. The minimum absolute atomic E-state index is 0.331. The van der Waals surface area contributed by atoms with Crippen LogP contribution < -0.4 is 15.0 Å². The highest BCUT2D eigenvalue weighted by Gasteiger charge is 2.24. The molecule has 0 atom stereocenters. The Morgan fingerprint density at radius 1 is 1.03 bits per heavy atom. The maximum Gasteiger partial charge on any atom is 0.414 e. The van der Waals surface area contributed by atoms with Crippen LogP contribution in [0.1, 0.15) is 10.4 Å². The van der Waals surface area contributed by atoms with E-state index in [-0.39, 0.29) is 5.91 Å². The highest BCUT2D eigenvalue weighted by Crippen LogP contribution is 2.32. The molecule has 1 saturated heterocycles. The quantitative estimate of drug-likeness (QED) is 0.618. The molecular formula is C22H17ClN2O4. The van der Waals surface area contributed by atoms with Crippen LogP contribution in [0.15, 0.2) is 72.8 Å². The summed E-state index contributed by atoms with van der Waals surface area (Å²) in [5, 5.41) is 3.30. The Kier molecular flexibility index (Phi) is 5.35. The van der Waals surface area contributed by atoms with Crippen molar-refractivity contribution in [1.82, 2.24) is 0 Å². The van der Waals surface area contributed by atoms with Crippen LogP contribution in [-0.2, 0) is 4.74 Å². The molecule has 0 aliphatic carbocycles. The molecule has 0 spiro atoms. The fourth-order valence-corrected chi connectivity index (χ4v) is 3.11. The number of benzene rings is 3. The van der Waals surface area contributed by atoms with Crippen molar-refractivity contribution >= 4 is 35.0 Å². The Hall–Kier alpha value is -3.51. The van der Waals surface area contributed by atoms with Crippen LogP contribution in [0, 0.1) is 0 Å². The number of carbonyl (C=O) groups is 2. The number of para-hydroxylation sites is 1. The summed E-state index contributed by atoms with van der Waals surface area (Å²) in [6.07, 6.45) is -0.420. The third kappa shape index (κ3) is 4.33. The van der Waals surface area contributed by atoms with Crippen LogP contribution in [0.3, 0.4) is 0 Å². The molecular weight excluding hydrogens is 392 g/mol. The molecule has 0 unspecified atom stereocenters. The second-order valence-electron chi connectivity index (χ2n) is 6.33. The van der Waals surface area contributed by atoms with Gasteiger partial charge in [0, 0.05) is 16.3 Å². The van der Waals surface area contributed by atoms with Gasteiger partial charge in [0.15, 0.2) is 5.75 Å². The third-order valence-corrected chi connectivity index (χ3v) is 4.58. The van der Waals surface area contributed by atoms with Crippen LogP contribution in [0.2, 0.25) is 5.02 Å². The number of hydrogen-bond acceptors (Lipinski definition) is 4. The van der Waals surface area contributed by atoms with Crippen molar-refractivity contribution in [3.05, 3.63) is 83.4 Å². The highest BCUT2D eigenvalue weighted by atomic mass is 35.5. The van der Waals surface area contributed by atoms with Gasteiger partial charge in [-0.25, -0.2) is 4.79 Å². The first kappa shape index (κ1) is 18.8. The fourth-order valence-electron chi connectivity index (χ4n) is 2.94. The largest absolute Gasteiger partial charge is 0.455 e. The summed E-state index contributed by atoms with van der Waals surface area (Å²) in [6, 6.07) is 21.0. The second kappa shape index (κ2) is 8.24. The van der Waals surface area contributed by atoms with Gasteiger partial charge >= 0.3 is 6.09 Å². The van der Waals surface area contributed by atoms with E-state index in [9.17, 15) is 9.59 Å². The maximum absolute atomic E-state index is 12.8. The Balaban J connectivity index is 1.57. The van der Waals surface area contributed by atoms with Gasteiger partial charge in [0.1, 0.15) is 12.4 Å². The molecule has 1 heterocycles. The van der Waals surface area contributed by atoms with Gasteiger partial charge in [-0.15, -0.1) is 0 Å². The molecule has 146 valence electrons. The Morgan fingerprint density at radius 2 is 1.86 bits per heavy atom. The van der Waals surface area contributed by atoms with Crippen LogP contribution in [0.4, 0.5) is 16.2 Å². The third-order valence-electron chi connectivity index (χ3n) is 4.34. The van der Waals surface area contributed by atoms with Crippen molar-refractivity contribution < 1.29 is 19.1 Å². The number of ether oxygens (including phenoxy) is 2. The van der Waals surface area contributed by atoms with E-state index < -0.39 is 6.09 Å². The zero-order valence-electron chi connectivity index (χ0n) is 15.3. The van der Waals surface area contributed by atoms with Crippen molar-refractivity contribution in [1.29, 1.82) is 0 Å². The normalized spacial score (nSPS) is 13.1. The number of rotatable bonds is 5. The number of halogens is 1. The molecule has 6 nitrogen and oxygen atoms in total. The topological polar surface area (TPSA) is 67.9 Å². The molecule has 0 bridgehead atoms. The average molecular weight is 409 g/mol. The Bertz CT molecular complexity index is 1060. The minimum atomic E-state index is -0.420. The summed E-state index contributed by atoms with van der Waals surface area (Å²) >= 11 is 6.11. The van der Waals surface area contributed by atoms with E-state index in [0.29, 0.717) is 46.6 Å². The highest BCUT2D eigenvalue weighted by molar-refractivity contribution is 6.31. The zero-order valence-corrected chi connectivity index (χ0v) is 16.1. The van der Waals surface area contributed by atoms with E-state index in [1.807, 2.05) is 30.3 Å². The lowest BCUT2D eigenvalue weighted by Gasteiger charge is -2.15. The van der Waals surface area contributed by atoms with Crippen LogP contribution in [0.25, 0.3) is 0 Å². The lowest BCUT2D eigenvalue weighted by molar-refractivity contribution is 0.102. The summed E-state index contributed by atoms with van der Waals surface area (Å²) < 4.78 is 10.8. The molecule has 29 heavy (non-hydrogen) atoms. The van der Waals surface area contributed by atoms with E-state index in [0.717, 1.165) is 0 Å². The molecule has 1 fully saturated rings. The number of carbonyl (C=O) groups excluding carboxylic acids is 2. The predicted molar refractivity (Wildman–Crippen MR) is 111 cm³/mol. The Morgan fingerprint density at radius 3 is 2.62 bits per heavy atom. The molecule has 1 aliphatic rings. The number of cyclic esters (lactones) is 1. The first-order chi connectivity index (χ1) is 14.1. The molecule has 4 rings (SSSR count). The van der Waals surface area contributed by atoms with Crippen molar-refractivity contribution in [2.75, 3.05) is 23.4 Å². The smallest absolute Gasteiger partial charge is 0.414 e. The Labute approximate surface area is 172 Å². The van der Waals surface area contributed by atoms with Crippen molar-refractivity contribution in [2.24, 2.45) is 0 Å². The lowest BCUT2D eigenvalue weighted by Crippen LogP contribution is -2.23. The van der Waals surface area contributed by atoms with E-state index in [1.165, 1.54) is 4.90 Å². The van der Waals surface area contributed by atoms with Gasteiger partial charge in [0.05, 0.1) is 12.2 Å². The molecule has 0 radical (unpaired) electrons. The van der Waals surface area contributed by atoms with Crippen LogP contribution >= 0.6 is 11.6 Å². The number of anilines is 2. The second-order valence-corrected chi connectivity index (χ2v) is 6.76. The van der Waals surface area contributed by atoms with Gasteiger partial charge in [0.2, 0.25) is 0 Å². The summed E-state index contributed by atoms with van der Waals surface area (Å²) in [4.78, 5) is 26.1. The molecule has 7 heteroatoms. The SMILES string of the molecule is O=C(Nc1cc(Cl)ccc1Oc1ccccc1)c1cccc(N2CCOC2=O)c1. The fraction of sp³-hybridized carbons (Fsp3) is 0.0909. The number of hydrogen-bond donors (Lipinski definition) is 1. The molecule has 3 aromatic carbocycles. The van der Waals surface area contributed by atoms with E-state index in [2.05, 4.69) is 5.32 Å². The van der Waals surface area contributed by atoms with Crippen molar-refractivity contribution in [3.63, 3.8) is 0 Å². The van der Waals surface area contributed by atoms with E-state index in [1.54, 1.807) is 42.5 Å². The summed E-state index contributed by atoms with van der Waals surface area (Å²) in [7, 11) is 0. The number of nitrogens with one attached hydrogen (secondary N) is 1.